The van der Waals surface area contributed by atoms with Gasteiger partial charge in [0.25, 0.3) is 5.91 Å². The molecule has 1 aliphatic rings. The standard InChI is InChI=1S/C28H28FNO7/c1-16-20(6-5-7-23(16)35-3)27-21-12-18(29)9-11-22(21)30(28(33)25(37-27)14-26(31)32)15-17-8-10-19(34-2)13-24(17)36-4/h5-13,25,27H,14-15H2,1-4H3,(H,31,32). The number of anilines is 1. The molecule has 3 aromatic rings. The first-order valence-corrected chi connectivity index (χ1v) is 11.6. The van der Waals surface area contributed by atoms with Crippen molar-refractivity contribution in [1.82, 2.24) is 0 Å². The van der Waals surface area contributed by atoms with Crippen LogP contribution in [-0.2, 0) is 20.9 Å². The van der Waals surface area contributed by atoms with Gasteiger partial charge in [0.15, 0.2) is 0 Å². The van der Waals surface area contributed by atoms with Crippen molar-refractivity contribution in [3.63, 3.8) is 0 Å². The molecule has 194 valence electrons. The number of carbonyl (C=O) groups is 2. The lowest BCUT2D eigenvalue weighted by Crippen LogP contribution is -2.40. The molecule has 0 saturated heterocycles. The maximum absolute atomic E-state index is 14.6. The highest BCUT2D eigenvalue weighted by Gasteiger charge is 2.39. The Labute approximate surface area is 214 Å². The highest BCUT2D eigenvalue weighted by atomic mass is 19.1. The van der Waals surface area contributed by atoms with Crippen molar-refractivity contribution in [3.8, 4) is 17.2 Å². The third-order valence-electron chi connectivity index (χ3n) is 6.42. The summed E-state index contributed by atoms with van der Waals surface area (Å²) in [5.41, 5.74) is 2.82. The van der Waals surface area contributed by atoms with Crippen molar-refractivity contribution in [3.05, 3.63) is 82.7 Å². The summed E-state index contributed by atoms with van der Waals surface area (Å²) in [5, 5.41) is 9.58. The number of nitrogens with zero attached hydrogens (tertiary/aromatic N) is 1. The van der Waals surface area contributed by atoms with Crippen LogP contribution in [0.4, 0.5) is 10.1 Å². The number of amides is 1. The Hall–Kier alpha value is -4.11. The maximum atomic E-state index is 14.6. The van der Waals surface area contributed by atoms with Gasteiger partial charge in [0.05, 0.1) is 40.0 Å². The van der Waals surface area contributed by atoms with Gasteiger partial charge in [-0.25, -0.2) is 4.39 Å². The number of methoxy groups -OCH3 is 3. The summed E-state index contributed by atoms with van der Waals surface area (Å²) in [7, 11) is 4.57. The first-order chi connectivity index (χ1) is 17.8. The van der Waals surface area contributed by atoms with Crippen LogP contribution in [0.2, 0.25) is 0 Å². The van der Waals surface area contributed by atoms with Crippen LogP contribution in [-0.4, -0.2) is 44.4 Å². The molecule has 1 amide bonds. The highest BCUT2D eigenvalue weighted by Crippen LogP contribution is 2.42. The van der Waals surface area contributed by atoms with E-state index in [4.69, 9.17) is 18.9 Å². The Balaban J connectivity index is 1.90. The minimum absolute atomic E-state index is 0.0356. The summed E-state index contributed by atoms with van der Waals surface area (Å²) >= 11 is 0. The molecule has 1 aliphatic heterocycles. The zero-order valence-corrected chi connectivity index (χ0v) is 21.0. The van der Waals surface area contributed by atoms with E-state index in [2.05, 4.69) is 0 Å². The second kappa shape index (κ2) is 10.9. The van der Waals surface area contributed by atoms with Crippen LogP contribution in [0.5, 0.6) is 17.2 Å². The minimum atomic E-state index is -1.33. The number of ether oxygens (including phenoxy) is 4. The molecule has 4 rings (SSSR count). The number of rotatable bonds is 8. The smallest absolute Gasteiger partial charge is 0.306 e. The van der Waals surface area contributed by atoms with Gasteiger partial charge in [0.1, 0.15) is 35.3 Å². The number of carbonyl (C=O) groups excluding carboxylic acids is 1. The zero-order valence-electron chi connectivity index (χ0n) is 21.0. The van der Waals surface area contributed by atoms with Crippen molar-refractivity contribution >= 4 is 17.6 Å². The van der Waals surface area contributed by atoms with Crippen LogP contribution in [0.1, 0.15) is 34.8 Å². The monoisotopic (exact) mass is 509 g/mol. The fourth-order valence-corrected chi connectivity index (χ4v) is 4.56. The van der Waals surface area contributed by atoms with Gasteiger partial charge in [-0.15, -0.1) is 0 Å². The summed E-state index contributed by atoms with van der Waals surface area (Å²) < 4.78 is 37.0. The lowest BCUT2D eigenvalue weighted by atomic mass is 9.95. The molecule has 3 aromatic carbocycles. The molecule has 0 spiro atoms. The molecule has 1 heterocycles. The molecule has 0 fully saturated rings. The third kappa shape index (κ3) is 5.22. The number of hydrogen-bond donors (Lipinski definition) is 1. The molecule has 8 nitrogen and oxygen atoms in total. The van der Waals surface area contributed by atoms with Crippen LogP contribution < -0.4 is 19.1 Å². The topological polar surface area (TPSA) is 94.5 Å². The molecule has 9 heteroatoms. The van der Waals surface area contributed by atoms with E-state index in [1.165, 1.54) is 44.4 Å². The second-order valence-corrected chi connectivity index (χ2v) is 8.58. The zero-order chi connectivity index (χ0) is 26.7. The van der Waals surface area contributed by atoms with E-state index in [0.29, 0.717) is 39.6 Å². The Morgan fingerprint density at radius 3 is 2.43 bits per heavy atom. The van der Waals surface area contributed by atoms with Gasteiger partial charge in [-0.05, 0) is 54.4 Å². The molecule has 37 heavy (non-hydrogen) atoms. The van der Waals surface area contributed by atoms with Crippen molar-refractivity contribution in [1.29, 1.82) is 0 Å². The molecule has 1 N–H and O–H groups in total. The molecule has 0 radical (unpaired) electrons. The van der Waals surface area contributed by atoms with Crippen LogP contribution in [0.3, 0.4) is 0 Å². The van der Waals surface area contributed by atoms with Crippen LogP contribution >= 0.6 is 0 Å². The fourth-order valence-electron chi connectivity index (χ4n) is 4.56. The predicted octanol–water partition coefficient (Wildman–Crippen LogP) is 4.66. The highest BCUT2D eigenvalue weighted by molar-refractivity contribution is 5.99. The molecule has 0 saturated carbocycles. The summed E-state index contributed by atoms with van der Waals surface area (Å²) in [4.78, 5) is 26.9. The van der Waals surface area contributed by atoms with Crippen molar-refractivity contribution in [2.45, 2.75) is 32.1 Å². The van der Waals surface area contributed by atoms with E-state index in [1.54, 1.807) is 36.4 Å². The largest absolute Gasteiger partial charge is 0.497 e. The lowest BCUT2D eigenvalue weighted by molar-refractivity contribution is -0.147. The maximum Gasteiger partial charge on any atom is 0.306 e. The second-order valence-electron chi connectivity index (χ2n) is 8.58. The van der Waals surface area contributed by atoms with Crippen LogP contribution in [0, 0.1) is 12.7 Å². The Morgan fingerprint density at radius 1 is 1.00 bits per heavy atom. The molecular weight excluding hydrogens is 481 g/mol. The van der Waals surface area contributed by atoms with E-state index in [1.807, 2.05) is 6.92 Å². The third-order valence-corrected chi connectivity index (χ3v) is 6.42. The van der Waals surface area contributed by atoms with Crippen molar-refractivity contribution in [2.75, 3.05) is 26.2 Å². The summed E-state index contributed by atoms with van der Waals surface area (Å²) in [5.74, 6) is -0.625. The number of hydrogen-bond acceptors (Lipinski definition) is 6. The number of carboxylic acids is 1. The quantitative estimate of drug-likeness (QED) is 0.472. The number of fused-ring (bicyclic) bond motifs is 1. The summed E-state index contributed by atoms with van der Waals surface area (Å²) in [6.07, 6.45) is -2.81. The fraction of sp³-hybridized carbons (Fsp3) is 0.286. The Kier molecular flexibility index (Phi) is 7.63. The van der Waals surface area contributed by atoms with Gasteiger partial charge < -0.3 is 29.0 Å². The van der Waals surface area contributed by atoms with Gasteiger partial charge in [0, 0.05) is 17.2 Å². The van der Waals surface area contributed by atoms with E-state index in [-0.39, 0.29) is 6.54 Å². The Morgan fingerprint density at radius 2 is 1.76 bits per heavy atom. The molecule has 0 aliphatic carbocycles. The molecular formula is C28H28FNO7. The van der Waals surface area contributed by atoms with Gasteiger partial charge in [-0.3, -0.25) is 9.59 Å². The SMILES string of the molecule is COc1ccc(CN2C(=O)C(CC(=O)O)OC(c3cccc(OC)c3C)c3cc(F)ccc32)c(OC)c1. The van der Waals surface area contributed by atoms with E-state index in [0.717, 1.165) is 5.56 Å². The number of carboxylic acid groups (broad SMARTS) is 1. The molecule has 0 bridgehead atoms. The van der Waals surface area contributed by atoms with Crippen molar-refractivity contribution < 1.29 is 38.0 Å². The predicted molar refractivity (Wildman–Crippen MR) is 134 cm³/mol. The average Bonchev–Trinajstić information content (AvgIpc) is 2.99. The normalized spacial score (nSPS) is 17.1. The first kappa shape index (κ1) is 26.0. The van der Waals surface area contributed by atoms with Gasteiger partial charge >= 0.3 is 5.97 Å². The summed E-state index contributed by atoms with van der Waals surface area (Å²) in [6, 6.07) is 14.6. The number of benzene rings is 3. The molecule has 0 aromatic heterocycles. The molecule has 2 atom stereocenters. The summed E-state index contributed by atoms with van der Waals surface area (Å²) in [6.45, 7) is 1.86. The van der Waals surface area contributed by atoms with E-state index < -0.39 is 36.3 Å². The van der Waals surface area contributed by atoms with Crippen molar-refractivity contribution in [2.24, 2.45) is 0 Å². The van der Waals surface area contributed by atoms with Gasteiger partial charge in [-0.1, -0.05) is 12.1 Å². The van der Waals surface area contributed by atoms with E-state index >= 15 is 0 Å². The lowest BCUT2D eigenvalue weighted by Gasteiger charge is -2.25. The Bertz CT molecular complexity index is 1330. The number of halogens is 1. The number of aliphatic carboxylic acids is 1. The van der Waals surface area contributed by atoms with Crippen LogP contribution in [0.25, 0.3) is 0 Å². The van der Waals surface area contributed by atoms with E-state index in [9.17, 15) is 19.1 Å². The minimum Gasteiger partial charge on any atom is -0.497 e. The van der Waals surface area contributed by atoms with Gasteiger partial charge in [0.2, 0.25) is 0 Å². The van der Waals surface area contributed by atoms with Crippen LogP contribution in [0.15, 0.2) is 54.6 Å². The average molecular weight is 510 g/mol. The first-order valence-electron chi connectivity index (χ1n) is 11.6. The van der Waals surface area contributed by atoms with Gasteiger partial charge in [-0.2, -0.15) is 0 Å². The molecule has 2 unspecified atom stereocenters.